The summed E-state index contributed by atoms with van der Waals surface area (Å²) in [7, 11) is 3.29. The van der Waals surface area contributed by atoms with Crippen LogP contribution in [-0.4, -0.2) is 71.2 Å². The van der Waals surface area contributed by atoms with Gasteiger partial charge >= 0.3 is 16.8 Å². The molecule has 0 spiro atoms. The van der Waals surface area contributed by atoms with Crippen LogP contribution in [0.1, 0.15) is 37.2 Å². The third-order valence-corrected chi connectivity index (χ3v) is 5.34. The zero-order valence-electron chi connectivity index (χ0n) is 19.3. The standard InChI is InChI=1S/2C12H17NO3.Co/c2*1-9(13(2)8-11(14)15)12(16)10-6-4-3-5-7-10;/h2*3-7,9,12,16H,8H2,1-2H3,(H,14,15);/q;;+2/p-2/t2*9-,12-;/m11./s1. The van der Waals surface area contributed by atoms with Crippen LogP contribution in [0.5, 0.6) is 0 Å². The maximum atomic E-state index is 10.4. The number of benzene rings is 2. The van der Waals surface area contributed by atoms with Gasteiger partial charge in [-0.05, 0) is 39.1 Å². The summed E-state index contributed by atoms with van der Waals surface area (Å²) in [6.45, 7) is 3.18. The van der Waals surface area contributed by atoms with Gasteiger partial charge in [0.15, 0.2) is 0 Å². The number of carboxylic acid groups (broad SMARTS) is 2. The molecule has 1 radical (unpaired) electrons. The van der Waals surface area contributed by atoms with Crippen LogP contribution in [0.25, 0.3) is 0 Å². The van der Waals surface area contributed by atoms with Crippen LogP contribution in [0.4, 0.5) is 0 Å². The molecular formula is C24H32CoN2O6. The SMILES string of the molecule is C[C@H]([C@@H](O)c1ccccc1)N(C)CC(=O)[O-].C[C@H]([C@@H](O)c1ccccc1)N(C)CC(=O)[O-].[Co+2]. The smallest absolute Gasteiger partial charge is 0.549 e. The Hall–Kier alpha value is -2.27. The molecule has 0 heterocycles. The average molecular weight is 503 g/mol. The van der Waals surface area contributed by atoms with Crippen molar-refractivity contribution in [1.29, 1.82) is 0 Å². The molecule has 33 heavy (non-hydrogen) atoms. The molecule has 4 atom stereocenters. The molecule has 0 bridgehead atoms. The van der Waals surface area contributed by atoms with Gasteiger partial charge in [0.1, 0.15) is 0 Å². The zero-order chi connectivity index (χ0) is 24.3. The molecule has 9 heteroatoms. The Labute approximate surface area is 205 Å². The normalized spacial score (nSPS) is 14.3. The number of likely N-dealkylation sites (N-methyl/N-ethyl adjacent to an activating group) is 2. The molecule has 0 amide bonds. The van der Waals surface area contributed by atoms with Crippen molar-refractivity contribution in [2.24, 2.45) is 0 Å². The summed E-state index contributed by atoms with van der Waals surface area (Å²) in [5, 5.41) is 40.9. The summed E-state index contributed by atoms with van der Waals surface area (Å²) >= 11 is 0. The van der Waals surface area contributed by atoms with E-state index in [4.69, 9.17) is 0 Å². The predicted octanol–water partition coefficient (Wildman–Crippen LogP) is -0.422. The molecular weight excluding hydrogens is 471 g/mol. The second kappa shape index (κ2) is 15.5. The molecule has 2 N–H and O–H groups in total. The van der Waals surface area contributed by atoms with Crippen LogP contribution in [0.3, 0.4) is 0 Å². The molecule has 2 rings (SSSR count). The van der Waals surface area contributed by atoms with Crippen LogP contribution in [0.2, 0.25) is 0 Å². The number of carbonyl (C=O) groups is 2. The maximum Gasteiger partial charge on any atom is 2.00 e. The van der Waals surface area contributed by atoms with E-state index in [9.17, 15) is 30.0 Å². The second-order valence-electron chi connectivity index (χ2n) is 7.77. The largest absolute Gasteiger partial charge is 2.00 e. The molecule has 0 saturated heterocycles. The van der Waals surface area contributed by atoms with Crippen LogP contribution in [0.15, 0.2) is 60.7 Å². The van der Waals surface area contributed by atoms with Crippen molar-refractivity contribution >= 4 is 11.9 Å². The fourth-order valence-electron chi connectivity index (χ4n) is 3.03. The minimum Gasteiger partial charge on any atom is -0.549 e. The summed E-state index contributed by atoms with van der Waals surface area (Å²) < 4.78 is 0. The fourth-order valence-corrected chi connectivity index (χ4v) is 3.03. The predicted molar refractivity (Wildman–Crippen MR) is 117 cm³/mol. The van der Waals surface area contributed by atoms with Crippen molar-refractivity contribution in [2.75, 3.05) is 27.2 Å². The number of hydrogen-bond acceptors (Lipinski definition) is 8. The van der Waals surface area contributed by atoms with Crippen LogP contribution < -0.4 is 10.2 Å². The van der Waals surface area contributed by atoms with Gasteiger partial charge in [-0.15, -0.1) is 0 Å². The molecule has 0 unspecified atom stereocenters. The Morgan fingerprint density at radius 2 is 1.00 bits per heavy atom. The van der Waals surface area contributed by atoms with Gasteiger partial charge < -0.3 is 30.0 Å². The van der Waals surface area contributed by atoms with E-state index in [-0.39, 0.29) is 42.0 Å². The van der Waals surface area contributed by atoms with E-state index in [1.807, 2.05) is 60.7 Å². The van der Waals surface area contributed by atoms with Gasteiger partial charge in [-0.2, -0.15) is 0 Å². The van der Waals surface area contributed by atoms with Crippen molar-refractivity contribution in [1.82, 2.24) is 9.80 Å². The molecule has 8 nitrogen and oxygen atoms in total. The zero-order valence-corrected chi connectivity index (χ0v) is 20.3. The summed E-state index contributed by atoms with van der Waals surface area (Å²) in [6, 6.07) is 17.8. The number of rotatable bonds is 10. The van der Waals surface area contributed by atoms with Crippen LogP contribution >= 0.6 is 0 Å². The number of carboxylic acids is 2. The van der Waals surface area contributed by atoms with Gasteiger partial charge in [-0.25, -0.2) is 0 Å². The van der Waals surface area contributed by atoms with E-state index >= 15 is 0 Å². The first-order valence-corrected chi connectivity index (χ1v) is 10.3. The van der Waals surface area contributed by atoms with Gasteiger partial charge in [0.05, 0.1) is 24.1 Å². The van der Waals surface area contributed by atoms with E-state index in [2.05, 4.69) is 0 Å². The van der Waals surface area contributed by atoms with Crippen molar-refractivity contribution in [3.05, 3.63) is 71.8 Å². The number of hydrogen-bond donors (Lipinski definition) is 2. The van der Waals surface area contributed by atoms with E-state index in [0.717, 1.165) is 11.1 Å². The first kappa shape index (κ1) is 30.7. The first-order valence-electron chi connectivity index (χ1n) is 10.3. The molecule has 0 fully saturated rings. The Bertz CT molecular complexity index is 755. The van der Waals surface area contributed by atoms with Gasteiger partial charge in [-0.1, -0.05) is 60.7 Å². The fraction of sp³-hybridized carbons (Fsp3) is 0.417. The third-order valence-electron chi connectivity index (χ3n) is 5.34. The summed E-state index contributed by atoms with van der Waals surface area (Å²) in [4.78, 5) is 24.0. The number of carbonyl (C=O) groups excluding carboxylic acids is 2. The first-order chi connectivity index (χ1) is 15.0. The van der Waals surface area contributed by atoms with Crippen LogP contribution in [-0.2, 0) is 26.4 Å². The van der Waals surface area contributed by atoms with E-state index in [1.54, 1.807) is 37.7 Å². The Balaban J connectivity index is 0.000000602. The number of nitrogens with zero attached hydrogens (tertiary/aromatic N) is 2. The summed E-state index contributed by atoms with van der Waals surface area (Å²) in [5.41, 5.74) is 1.56. The van der Waals surface area contributed by atoms with Gasteiger partial charge in [0.2, 0.25) is 0 Å². The molecule has 2 aromatic rings. The van der Waals surface area contributed by atoms with Crippen LogP contribution in [0, 0.1) is 0 Å². The van der Waals surface area contributed by atoms with E-state index in [1.165, 1.54) is 0 Å². The van der Waals surface area contributed by atoms with Gasteiger partial charge in [0.25, 0.3) is 0 Å². The molecule has 183 valence electrons. The maximum absolute atomic E-state index is 10.4. The second-order valence-corrected chi connectivity index (χ2v) is 7.77. The average Bonchev–Trinajstić information content (AvgIpc) is 2.77. The number of aliphatic carboxylic acids is 2. The topological polar surface area (TPSA) is 127 Å². The Morgan fingerprint density at radius 1 is 0.727 bits per heavy atom. The number of aliphatic hydroxyl groups excluding tert-OH is 2. The van der Waals surface area contributed by atoms with E-state index in [0.29, 0.717) is 0 Å². The summed E-state index contributed by atoms with van der Waals surface area (Å²) in [6.07, 6.45) is -1.41. The van der Waals surface area contributed by atoms with Gasteiger partial charge in [-0.3, -0.25) is 9.80 Å². The minimum atomic E-state index is -1.14. The number of aliphatic hydroxyl groups is 2. The minimum absolute atomic E-state index is 0. The molecule has 2 aromatic carbocycles. The van der Waals surface area contributed by atoms with Crippen molar-refractivity contribution < 1.29 is 46.8 Å². The van der Waals surface area contributed by atoms with Gasteiger partial charge in [0, 0.05) is 25.2 Å². The molecule has 0 aliphatic rings. The van der Waals surface area contributed by atoms with E-state index < -0.39 is 24.1 Å². The molecule has 0 aliphatic carbocycles. The Kier molecular flexibility index (Phi) is 14.5. The third kappa shape index (κ3) is 10.9. The van der Waals surface area contributed by atoms with Crippen molar-refractivity contribution in [3.63, 3.8) is 0 Å². The quantitative estimate of drug-likeness (QED) is 0.448. The van der Waals surface area contributed by atoms with Crippen molar-refractivity contribution in [3.8, 4) is 0 Å². The molecule has 0 aromatic heterocycles. The molecule has 0 saturated carbocycles. The van der Waals surface area contributed by atoms with Crippen molar-refractivity contribution in [2.45, 2.75) is 38.1 Å². The Morgan fingerprint density at radius 3 is 1.24 bits per heavy atom. The summed E-state index contributed by atoms with van der Waals surface area (Å²) in [5.74, 6) is -2.29. The molecule has 0 aliphatic heterocycles. The monoisotopic (exact) mass is 503 g/mol.